The Morgan fingerprint density at radius 3 is 2.25 bits per heavy atom. The molecule has 40 heavy (non-hydrogen) atoms. The van der Waals surface area contributed by atoms with E-state index < -0.39 is 94.6 Å². The second kappa shape index (κ2) is 13.0. The lowest BCUT2D eigenvalue weighted by molar-refractivity contribution is -0.249. The number of hydrogen-bond donors (Lipinski definition) is 8. The number of amides is 1. The Morgan fingerprint density at radius 1 is 1.02 bits per heavy atom. The summed E-state index contributed by atoms with van der Waals surface area (Å²) in [7, 11) is -9.87. The van der Waals surface area contributed by atoms with E-state index in [1.165, 1.54) is 7.11 Å². The van der Waals surface area contributed by atoms with Gasteiger partial charge in [-0.1, -0.05) is 0 Å². The van der Waals surface area contributed by atoms with Gasteiger partial charge in [0.05, 0.1) is 13.2 Å². The van der Waals surface area contributed by atoms with Crippen molar-refractivity contribution < 1.29 is 71.7 Å². The van der Waals surface area contributed by atoms with Crippen LogP contribution in [0.25, 0.3) is 0 Å². The Bertz CT molecular complexity index is 1260. The first kappa shape index (κ1) is 32.6. The topological polar surface area (TPSA) is 295 Å². The number of carbonyl (C=O) groups excluding carboxylic acids is 1. The van der Waals surface area contributed by atoms with Crippen LogP contribution >= 0.6 is 15.6 Å². The minimum atomic E-state index is -5.59. The molecule has 1 aromatic rings. The van der Waals surface area contributed by atoms with Gasteiger partial charge in [0, 0.05) is 26.3 Å². The van der Waals surface area contributed by atoms with E-state index in [-0.39, 0.29) is 6.61 Å². The highest BCUT2D eigenvalue weighted by molar-refractivity contribution is 7.61. The molecular formula is C18H29N3O17P2. The smallest absolute Gasteiger partial charge is 0.388 e. The number of methoxy groups -OCH3 is 1. The Morgan fingerprint density at radius 2 is 1.65 bits per heavy atom. The van der Waals surface area contributed by atoms with Crippen LogP contribution in [0.5, 0.6) is 0 Å². The van der Waals surface area contributed by atoms with Crippen LogP contribution in [0.4, 0.5) is 0 Å². The predicted molar refractivity (Wildman–Crippen MR) is 125 cm³/mol. The van der Waals surface area contributed by atoms with Crippen LogP contribution in [0.3, 0.4) is 0 Å². The molecule has 2 fully saturated rings. The van der Waals surface area contributed by atoms with E-state index in [0.717, 1.165) is 23.8 Å². The highest BCUT2D eigenvalue weighted by Gasteiger charge is 2.50. The van der Waals surface area contributed by atoms with E-state index in [9.17, 15) is 53.7 Å². The van der Waals surface area contributed by atoms with E-state index in [1.807, 2.05) is 4.98 Å². The third-order valence-corrected chi connectivity index (χ3v) is 8.31. The Hall–Kier alpha value is -1.87. The van der Waals surface area contributed by atoms with Gasteiger partial charge in [0.1, 0.15) is 42.7 Å². The van der Waals surface area contributed by atoms with Gasteiger partial charge in [-0.05, 0) is 0 Å². The maximum atomic E-state index is 12.5. The molecular weight excluding hydrogens is 592 g/mol. The normalized spacial score (nSPS) is 35.5. The van der Waals surface area contributed by atoms with Crippen LogP contribution < -0.4 is 16.6 Å². The quantitative estimate of drug-likeness (QED) is 0.109. The molecule has 0 aromatic carbocycles. The van der Waals surface area contributed by atoms with Crippen LogP contribution in [0.2, 0.25) is 0 Å². The van der Waals surface area contributed by atoms with E-state index >= 15 is 0 Å². The predicted octanol–water partition coefficient (Wildman–Crippen LogP) is -4.00. The molecule has 11 atom stereocenters. The molecule has 1 amide bonds. The molecule has 0 radical (unpaired) electrons. The van der Waals surface area contributed by atoms with Crippen molar-refractivity contribution in [2.75, 3.05) is 20.3 Å². The second-order valence-corrected chi connectivity index (χ2v) is 11.7. The molecule has 0 bridgehead atoms. The first-order valence-electron chi connectivity index (χ1n) is 11.4. The van der Waals surface area contributed by atoms with Crippen LogP contribution in [0, 0.1) is 0 Å². The number of aromatic nitrogens is 2. The molecule has 2 aliphatic rings. The Kier molecular flexibility index (Phi) is 10.6. The second-order valence-electron chi connectivity index (χ2n) is 8.69. The molecule has 0 aliphatic carbocycles. The number of phosphoric acid groups is 2. The fourth-order valence-electron chi connectivity index (χ4n) is 3.91. The number of aliphatic hydroxyl groups excluding tert-OH is 4. The van der Waals surface area contributed by atoms with Gasteiger partial charge >= 0.3 is 21.3 Å². The number of rotatable bonds is 11. The summed E-state index contributed by atoms with van der Waals surface area (Å²) >= 11 is 0. The van der Waals surface area contributed by atoms with Crippen molar-refractivity contribution in [3.8, 4) is 0 Å². The largest absolute Gasteiger partial charge is 0.483 e. The van der Waals surface area contributed by atoms with Crippen molar-refractivity contribution >= 4 is 21.6 Å². The first-order valence-corrected chi connectivity index (χ1v) is 14.3. The van der Waals surface area contributed by atoms with E-state index in [4.69, 9.17) is 18.7 Å². The number of ether oxygens (including phenoxy) is 3. The van der Waals surface area contributed by atoms with Gasteiger partial charge in [0.25, 0.3) is 5.56 Å². The standard InChI is InChI=1S/C18H29N3O17P2/c1-7(22)19-11-14(26)12(24)8(5-33-2)36-17(11)37-40(31,32)38-39(29,30)34-6-9-13(25)15(27)16(35-9)21-4-3-10(23)20-18(21)28/h3-4,8-9,11-17,24-27H,5-6H2,1-2H3,(H,19,22)(H,29,30)(H,31,32)(H,20,23,28)/t8-,9-,11-,12+,13-,14-,15-,16-,17+/m1/s1. The average molecular weight is 621 g/mol. The van der Waals surface area contributed by atoms with Crippen LogP contribution in [-0.2, 0) is 41.5 Å². The maximum absolute atomic E-state index is 12.5. The number of carbonyl (C=O) groups is 1. The van der Waals surface area contributed by atoms with Crippen LogP contribution in [0.1, 0.15) is 13.2 Å². The van der Waals surface area contributed by atoms with E-state index in [0.29, 0.717) is 0 Å². The molecule has 20 nitrogen and oxygen atoms in total. The van der Waals surface area contributed by atoms with Crippen molar-refractivity contribution in [3.05, 3.63) is 33.1 Å². The van der Waals surface area contributed by atoms with Gasteiger partial charge in [-0.25, -0.2) is 13.9 Å². The molecule has 2 aliphatic heterocycles. The Labute approximate surface area is 224 Å². The summed E-state index contributed by atoms with van der Waals surface area (Å²) < 4.78 is 54.6. The number of H-pyrrole nitrogens is 1. The molecule has 22 heteroatoms. The summed E-state index contributed by atoms with van der Waals surface area (Å²) in [5, 5.41) is 43.1. The summed E-state index contributed by atoms with van der Waals surface area (Å²) in [6.45, 7) is -0.322. The molecule has 1 aromatic heterocycles. The fraction of sp³-hybridized carbons (Fsp3) is 0.722. The van der Waals surface area contributed by atoms with Crippen molar-refractivity contribution in [1.82, 2.24) is 14.9 Å². The number of aromatic amines is 1. The van der Waals surface area contributed by atoms with Crippen molar-refractivity contribution in [1.29, 1.82) is 0 Å². The maximum Gasteiger partial charge on any atom is 0.483 e. The lowest BCUT2D eigenvalue weighted by Gasteiger charge is -2.42. The molecule has 0 saturated carbocycles. The monoisotopic (exact) mass is 621 g/mol. The molecule has 8 N–H and O–H groups in total. The van der Waals surface area contributed by atoms with Gasteiger partial charge in [-0.15, -0.1) is 0 Å². The number of nitrogens with zero attached hydrogens (tertiary/aromatic N) is 1. The lowest BCUT2D eigenvalue weighted by Crippen LogP contribution is -2.64. The SMILES string of the molecule is COC[C@H]1O[C@@H](OP(=O)(O)OP(=O)(O)OC[C@H]2O[C@@H](n3ccc(=O)[nH]c3=O)[C@H](O)[C@@H]2O)[C@H](NC(C)=O)[C@@H](O)[C@H]1O. The van der Waals surface area contributed by atoms with Gasteiger partial charge in [-0.2, -0.15) is 4.31 Å². The summed E-state index contributed by atoms with van der Waals surface area (Å²) in [6, 6.07) is -0.702. The average Bonchev–Trinajstić information content (AvgIpc) is 3.11. The molecule has 228 valence electrons. The van der Waals surface area contributed by atoms with Gasteiger partial charge in [0.15, 0.2) is 12.5 Å². The molecule has 2 unspecified atom stereocenters. The van der Waals surface area contributed by atoms with Gasteiger partial charge < -0.3 is 49.7 Å². The van der Waals surface area contributed by atoms with E-state index in [1.54, 1.807) is 0 Å². The molecule has 0 spiro atoms. The number of phosphoric ester groups is 2. The molecule has 3 heterocycles. The van der Waals surface area contributed by atoms with Crippen molar-refractivity contribution in [3.63, 3.8) is 0 Å². The first-order chi connectivity index (χ1) is 18.5. The highest BCUT2D eigenvalue weighted by atomic mass is 31.3. The number of aliphatic hydroxyl groups is 4. The minimum Gasteiger partial charge on any atom is -0.388 e. The van der Waals surface area contributed by atoms with Crippen LogP contribution in [0.15, 0.2) is 21.9 Å². The van der Waals surface area contributed by atoms with Gasteiger partial charge in [-0.3, -0.25) is 28.2 Å². The lowest BCUT2D eigenvalue weighted by atomic mass is 9.97. The summed E-state index contributed by atoms with van der Waals surface area (Å²) in [4.78, 5) is 56.7. The Balaban J connectivity index is 1.66. The van der Waals surface area contributed by atoms with Gasteiger partial charge in [0.2, 0.25) is 5.91 Å². The zero-order valence-electron chi connectivity index (χ0n) is 20.8. The van der Waals surface area contributed by atoms with E-state index in [2.05, 4.69) is 14.2 Å². The van der Waals surface area contributed by atoms with Crippen molar-refractivity contribution in [2.24, 2.45) is 0 Å². The third kappa shape index (κ3) is 7.90. The summed E-state index contributed by atoms with van der Waals surface area (Å²) in [5.41, 5.74) is -1.74. The summed E-state index contributed by atoms with van der Waals surface area (Å²) in [5.74, 6) is -0.761. The number of hydrogen-bond acceptors (Lipinski definition) is 15. The minimum absolute atomic E-state index is 0.329. The molecule has 2 saturated heterocycles. The fourth-order valence-corrected chi connectivity index (χ4v) is 6.07. The number of nitrogens with one attached hydrogen (secondary N) is 2. The third-order valence-electron chi connectivity index (χ3n) is 5.71. The molecule has 3 rings (SSSR count). The zero-order valence-corrected chi connectivity index (χ0v) is 22.6. The highest BCUT2D eigenvalue weighted by Crippen LogP contribution is 2.61. The van der Waals surface area contributed by atoms with Crippen molar-refractivity contribution in [2.45, 2.75) is 62.1 Å². The zero-order chi connectivity index (χ0) is 30.0. The van der Waals surface area contributed by atoms with Crippen LogP contribution in [-0.4, -0.2) is 115 Å². The summed E-state index contributed by atoms with van der Waals surface area (Å²) in [6.07, 6.45) is -12.4.